The monoisotopic (exact) mass is 432 g/mol. The van der Waals surface area contributed by atoms with Gasteiger partial charge >= 0.3 is 0 Å². The van der Waals surface area contributed by atoms with Gasteiger partial charge in [0.15, 0.2) is 5.65 Å². The number of rotatable bonds is 2. The molecule has 0 bridgehead atoms. The van der Waals surface area contributed by atoms with E-state index in [1.165, 1.54) is 6.07 Å². The Morgan fingerprint density at radius 2 is 1.94 bits per heavy atom. The molecule has 8 heteroatoms. The van der Waals surface area contributed by atoms with E-state index in [1.807, 2.05) is 23.5 Å². The molecule has 7 nitrogen and oxygen atoms in total. The summed E-state index contributed by atoms with van der Waals surface area (Å²) in [4.78, 5) is 4.38. The van der Waals surface area contributed by atoms with E-state index in [0.717, 1.165) is 39.4 Å². The Morgan fingerprint density at radius 1 is 1.09 bits per heavy atom. The first-order chi connectivity index (χ1) is 15.6. The largest absolute Gasteiger partial charge is 0.493 e. The number of hydrogen-bond donors (Lipinski definition) is 0. The molecule has 0 N–H and O–H groups in total. The topological polar surface area (TPSA) is 70.8 Å². The van der Waals surface area contributed by atoms with Crippen LogP contribution in [-0.2, 0) is 12.8 Å². The number of fused-ring (bicyclic) bond motifs is 3. The quantitative estimate of drug-likeness (QED) is 0.479. The summed E-state index contributed by atoms with van der Waals surface area (Å²) < 4.78 is 34.1. The number of hydrogen-bond acceptors (Lipinski definition) is 6. The van der Waals surface area contributed by atoms with E-state index < -0.39 is 0 Å². The minimum atomic E-state index is -0.195. The van der Waals surface area contributed by atoms with Gasteiger partial charge in [-0.2, -0.15) is 0 Å². The van der Waals surface area contributed by atoms with Gasteiger partial charge in [-0.15, -0.1) is 10.2 Å². The molecule has 6 rings (SSSR count). The fourth-order valence-electron chi connectivity index (χ4n) is 4.79. The van der Waals surface area contributed by atoms with Crippen molar-refractivity contribution in [1.29, 1.82) is 0 Å². The van der Waals surface area contributed by atoms with Crippen molar-refractivity contribution in [3.63, 3.8) is 0 Å². The van der Waals surface area contributed by atoms with E-state index in [9.17, 15) is 4.39 Å². The number of aromatic nitrogens is 4. The predicted octanol–water partition coefficient (Wildman–Crippen LogP) is 3.90. The van der Waals surface area contributed by atoms with Crippen molar-refractivity contribution in [2.45, 2.75) is 25.7 Å². The van der Waals surface area contributed by atoms with Crippen LogP contribution in [0, 0.1) is 12.7 Å². The number of benzene rings is 1. The molecule has 0 spiro atoms. The molecule has 3 aromatic heterocycles. The normalized spacial score (nSPS) is 16.9. The van der Waals surface area contributed by atoms with E-state index in [2.05, 4.69) is 15.2 Å². The van der Waals surface area contributed by atoms with Crippen LogP contribution in [0.5, 0.6) is 17.4 Å². The number of halogens is 1. The van der Waals surface area contributed by atoms with Gasteiger partial charge in [-0.1, -0.05) is 0 Å². The van der Waals surface area contributed by atoms with E-state index in [-0.39, 0.29) is 11.7 Å². The van der Waals surface area contributed by atoms with Gasteiger partial charge in [0.05, 0.1) is 31.9 Å². The second-order valence-corrected chi connectivity index (χ2v) is 8.19. The molecule has 2 aliphatic heterocycles. The third kappa shape index (κ3) is 2.82. The van der Waals surface area contributed by atoms with Gasteiger partial charge in [-0.05, 0) is 49.1 Å². The number of methoxy groups -OCH3 is 1. The van der Waals surface area contributed by atoms with Gasteiger partial charge in [0.25, 0.3) is 0 Å². The Bertz CT molecular complexity index is 1370. The first kappa shape index (κ1) is 19.0. The van der Waals surface area contributed by atoms with Crippen LogP contribution >= 0.6 is 0 Å². The lowest BCUT2D eigenvalue weighted by atomic mass is 9.93. The molecule has 2 aliphatic rings. The zero-order valence-corrected chi connectivity index (χ0v) is 17.8. The summed E-state index contributed by atoms with van der Waals surface area (Å²) in [5, 5.41) is 8.53. The van der Waals surface area contributed by atoms with E-state index >= 15 is 0 Å². The third-order valence-corrected chi connectivity index (χ3v) is 6.38. The molecule has 0 unspecified atom stereocenters. The molecule has 1 atom stereocenters. The summed E-state index contributed by atoms with van der Waals surface area (Å²) in [5.74, 6) is 1.85. The molecule has 0 amide bonds. The fraction of sp³-hybridized carbons (Fsp3) is 0.292. The predicted molar refractivity (Wildman–Crippen MR) is 115 cm³/mol. The fourth-order valence-corrected chi connectivity index (χ4v) is 4.79. The lowest BCUT2D eigenvalue weighted by Gasteiger charge is -2.17. The van der Waals surface area contributed by atoms with Crippen molar-refractivity contribution in [1.82, 2.24) is 19.6 Å². The Kier molecular flexibility index (Phi) is 4.28. The van der Waals surface area contributed by atoms with Crippen LogP contribution in [0.25, 0.3) is 16.8 Å². The van der Waals surface area contributed by atoms with Crippen molar-refractivity contribution in [2.24, 2.45) is 0 Å². The Hall–Kier alpha value is -3.68. The van der Waals surface area contributed by atoms with Crippen molar-refractivity contribution in [3.05, 3.63) is 65.0 Å². The molecule has 32 heavy (non-hydrogen) atoms. The Labute approximate surface area is 183 Å². The van der Waals surface area contributed by atoms with Crippen LogP contribution < -0.4 is 14.2 Å². The second kappa shape index (κ2) is 7.19. The van der Waals surface area contributed by atoms with Gasteiger partial charge < -0.3 is 14.2 Å². The highest BCUT2D eigenvalue weighted by atomic mass is 19.1. The standard InChI is InChI=1S/C24H21FN4O3/c1-13-7-22(30-2)26-9-17(13)16-8-21-19(29-12-27-28-24(16)29)5-3-15-18(25)4-6-20-23(15)14(10-31-20)11-32-21/h4,6-9,12,14H,3,5,10-11H2,1-2H3/t14-/m1/s1. The van der Waals surface area contributed by atoms with Crippen LogP contribution in [0.4, 0.5) is 4.39 Å². The first-order valence-corrected chi connectivity index (χ1v) is 10.6. The van der Waals surface area contributed by atoms with Crippen LogP contribution in [0.15, 0.2) is 36.8 Å². The van der Waals surface area contributed by atoms with Crippen LogP contribution in [0.2, 0.25) is 0 Å². The van der Waals surface area contributed by atoms with Crippen LogP contribution in [-0.4, -0.2) is 39.9 Å². The van der Waals surface area contributed by atoms with Gasteiger partial charge in [0.1, 0.15) is 23.6 Å². The number of aryl methyl sites for hydroxylation is 2. The van der Waals surface area contributed by atoms with Crippen molar-refractivity contribution >= 4 is 5.65 Å². The summed E-state index contributed by atoms with van der Waals surface area (Å²) >= 11 is 0. The van der Waals surface area contributed by atoms with Gasteiger partial charge in [-0.25, -0.2) is 9.37 Å². The molecule has 0 fully saturated rings. The highest BCUT2D eigenvalue weighted by molar-refractivity contribution is 5.81. The van der Waals surface area contributed by atoms with E-state index in [1.54, 1.807) is 25.7 Å². The molecule has 0 saturated carbocycles. The molecule has 0 radical (unpaired) electrons. The number of nitrogens with zero attached hydrogens (tertiary/aromatic N) is 4. The minimum absolute atomic E-state index is 0.00824. The average Bonchev–Trinajstić information content (AvgIpc) is 3.45. The third-order valence-electron chi connectivity index (χ3n) is 6.38. The van der Waals surface area contributed by atoms with Gasteiger partial charge in [0, 0.05) is 29.0 Å². The molecular weight excluding hydrogens is 411 g/mol. The minimum Gasteiger partial charge on any atom is -0.493 e. The highest BCUT2D eigenvalue weighted by Crippen LogP contribution is 2.41. The molecule has 0 aliphatic carbocycles. The molecule has 0 saturated heterocycles. The zero-order chi connectivity index (χ0) is 21.8. The number of ether oxygens (including phenoxy) is 3. The lowest BCUT2D eigenvalue weighted by molar-refractivity contribution is 0.246. The molecule has 4 aromatic rings. The van der Waals surface area contributed by atoms with Crippen molar-refractivity contribution < 1.29 is 18.6 Å². The summed E-state index contributed by atoms with van der Waals surface area (Å²) in [6.07, 6.45) is 4.60. The Balaban J connectivity index is 1.51. The summed E-state index contributed by atoms with van der Waals surface area (Å²) in [6, 6.07) is 7.10. The Morgan fingerprint density at radius 3 is 2.75 bits per heavy atom. The summed E-state index contributed by atoms with van der Waals surface area (Å²) in [7, 11) is 1.60. The van der Waals surface area contributed by atoms with E-state index in [4.69, 9.17) is 14.2 Å². The van der Waals surface area contributed by atoms with E-state index in [0.29, 0.717) is 43.1 Å². The summed E-state index contributed by atoms with van der Waals surface area (Å²) in [5.41, 5.74) is 6.09. The van der Waals surface area contributed by atoms with Gasteiger partial charge in [-0.3, -0.25) is 4.40 Å². The molecular formula is C24H21FN4O3. The SMILES string of the molecule is COc1cc(C)c(-c2cc3c(n4cnnc24)CCc2c(F)ccc4c2[C@H](CO4)CO3)cn1. The van der Waals surface area contributed by atoms with Crippen LogP contribution in [0.1, 0.15) is 28.3 Å². The molecule has 5 heterocycles. The first-order valence-electron chi connectivity index (χ1n) is 10.6. The average molecular weight is 432 g/mol. The summed E-state index contributed by atoms with van der Waals surface area (Å²) in [6.45, 7) is 2.90. The smallest absolute Gasteiger partial charge is 0.213 e. The van der Waals surface area contributed by atoms with Crippen LogP contribution in [0.3, 0.4) is 0 Å². The van der Waals surface area contributed by atoms with Gasteiger partial charge in [0.2, 0.25) is 5.88 Å². The molecule has 1 aromatic carbocycles. The maximum atomic E-state index is 14.8. The number of pyridine rings is 2. The lowest BCUT2D eigenvalue weighted by Crippen LogP contribution is -2.13. The highest BCUT2D eigenvalue weighted by Gasteiger charge is 2.31. The van der Waals surface area contributed by atoms with Crippen molar-refractivity contribution in [2.75, 3.05) is 20.3 Å². The zero-order valence-electron chi connectivity index (χ0n) is 17.8. The molecule has 162 valence electrons. The maximum absolute atomic E-state index is 14.8. The van der Waals surface area contributed by atoms with Crippen molar-refractivity contribution in [3.8, 4) is 28.5 Å². The maximum Gasteiger partial charge on any atom is 0.213 e. The second-order valence-electron chi connectivity index (χ2n) is 8.19.